The molecule has 2 aromatic rings. The molecule has 1 atom stereocenters. The Labute approximate surface area is 154 Å². The first kappa shape index (κ1) is 18.5. The van der Waals surface area contributed by atoms with Crippen LogP contribution in [0.2, 0.25) is 0 Å². The molecule has 1 unspecified atom stereocenters. The summed E-state index contributed by atoms with van der Waals surface area (Å²) in [4.78, 5) is 15.2. The van der Waals surface area contributed by atoms with E-state index in [9.17, 15) is 13.2 Å². The van der Waals surface area contributed by atoms with Crippen LogP contribution in [0.3, 0.4) is 0 Å². The van der Waals surface area contributed by atoms with Gasteiger partial charge in [-0.15, -0.1) is 0 Å². The van der Waals surface area contributed by atoms with Crippen molar-refractivity contribution in [3.05, 3.63) is 54.1 Å². The fourth-order valence-electron chi connectivity index (χ4n) is 3.05. The Bertz CT molecular complexity index is 884. The number of hydrogen-bond acceptors (Lipinski definition) is 4. The van der Waals surface area contributed by atoms with Crippen LogP contribution < -0.4 is 9.64 Å². The number of benzene rings is 2. The minimum atomic E-state index is -3.28. The van der Waals surface area contributed by atoms with Crippen molar-refractivity contribution in [2.45, 2.75) is 30.7 Å². The van der Waals surface area contributed by atoms with Crippen molar-refractivity contribution in [1.29, 1.82) is 0 Å². The highest BCUT2D eigenvalue weighted by atomic mass is 32.2. The molecule has 2 aromatic carbocycles. The van der Waals surface area contributed by atoms with Gasteiger partial charge in [0.15, 0.2) is 9.84 Å². The highest BCUT2D eigenvalue weighted by Gasteiger charge is 2.35. The van der Waals surface area contributed by atoms with Gasteiger partial charge in [-0.25, -0.2) is 8.42 Å². The second kappa shape index (κ2) is 7.11. The smallest absolute Gasteiger partial charge is 0.258 e. The summed E-state index contributed by atoms with van der Waals surface area (Å²) in [6.45, 7) is 2.06. The Balaban J connectivity index is 1.94. The lowest BCUT2D eigenvalue weighted by atomic mass is 10.1. The molecule has 0 heterocycles. The molecule has 1 saturated carbocycles. The average molecular weight is 373 g/mol. The zero-order valence-electron chi connectivity index (χ0n) is 15.2. The van der Waals surface area contributed by atoms with Gasteiger partial charge in [0, 0.05) is 23.5 Å². The third-order valence-electron chi connectivity index (χ3n) is 4.81. The summed E-state index contributed by atoms with van der Waals surface area (Å²) < 4.78 is 28.5. The molecule has 6 heteroatoms. The normalized spacial score (nSPS) is 15.3. The molecule has 0 aliphatic heterocycles. The van der Waals surface area contributed by atoms with Crippen molar-refractivity contribution >= 4 is 21.4 Å². The lowest BCUT2D eigenvalue weighted by Gasteiger charge is -2.30. The topological polar surface area (TPSA) is 63.7 Å². The van der Waals surface area contributed by atoms with Gasteiger partial charge in [0.05, 0.1) is 12.0 Å². The van der Waals surface area contributed by atoms with Crippen LogP contribution in [-0.2, 0) is 9.84 Å². The molecule has 0 N–H and O–H groups in total. The lowest BCUT2D eigenvalue weighted by Crippen LogP contribution is -2.40. The third-order valence-corrected chi connectivity index (χ3v) is 5.94. The Morgan fingerprint density at radius 1 is 1.08 bits per heavy atom. The van der Waals surface area contributed by atoms with Gasteiger partial charge < -0.3 is 9.64 Å². The Morgan fingerprint density at radius 2 is 1.65 bits per heavy atom. The van der Waals surface area contributed by atoms with E-state index in [0.29, 0.717) is 11.5 Å². The minimum absolute atomic E-state index is 0.0745. The summed E-state index contributed by atoms with van der Waals surface area (Å²) >= 11 is 0. The van der Waals surface area contributed by atoms with Crippen molar-refractivity contribution in [2.75, 3.05) is 18.3 Å². The SMILES string of the molecule is COc1ccc(N(C(=O)c2ccc(S(C)(=O)=O)cc2)C(C)C2CC2)cc1. The molecule has 1 aliphatic rings. The zero-order chi connectivity index (χ0) is 18.9. The Hall–Kier alpha value is -2.34. The van der Waals surface area contributed by atoms with Crippen LogP contribution in [0.5, 0.6) is 5.75 Å². The molecule has 1 amide bonds. The first-order valence-electron chi connectivity index (χ1n) is 8.59. The molecule has 0 saturated heterocycles. The van der Waals surface area contributed by atoms with Gasteiger partial charge in [-0.1, -0.05) is 0 Å². The number of ether oxygens (including phenoxy) is 1. The standard InChI is InChI=1S/C20H23NO4S/c1-14(15-4-5-15)21(17-8-10-18(25-2)11-9-17)20(22)16-6-12-19(13-7-16)26(3,23)24/h6-15H,4-5H2,1-3H3. The predicted molar refractivity (Wildman–Crippen MR) is 102 cm³/mol. The number of carbonyl (C=O) groups excluding carboxylic acids is 1. The number of nitrogens with zero attached hydrogens (tertiary/aromatic N) is 1. The van der Waals surface area contributed by atoms with Crippen molar-refractivity contribution in [3.63, 3.8) is 0 Å². The first-order chi connectivity index (χ1) is 12.3. The molecule has 138 valence electrons. The number of anilines is 1. The van der Waals surface area contributed by atoms with E-state index < -0.39 is 9.84 Å². The van der Waals surface area contributed by atoms with Crippen LogP contribution in [0.4, 0.5) is 5.69 Å². The minimum Gasteiger partial charge on any atom is -0.497 e. The zero-order valence-corrected chi connectivity index (χ0v) is 16.0. The maximum atomic E-state index is 13.2. The molecule has 0 spiro atoms. The van der Waals surface area contributed by atoms with E-state index in [-0.39, 0.29) is 16.8 Å². The molecule has 1 fully saturated rings. The van der Waals surface area contributed by atoms with Gasteiger partial charge in [0.1, 0.15) is 5.75 Å². The van der Waals surface area contributed by atoms with Gasteiger partial charge >= 0.3 is 0 Å². The molecule has 1 aliphatic carbocycles. The predicted octanol–water partition coefficient (Wildman–Crippen LogP) is 3.54. The fraction of sp³-hybridized carbons (Fsp3) is 0.350. The quantitative estimate of drug-likeness (QED) is 0.777. The maximum absolute atomic E-state index is 13.2. The molecular formula is C20H23NO4S. The van der Waals surface area contributed by atoms with Crippen molar-refractivity contribution < 1.29 is 17.9 Å². The molecule has 5 nitrogen and oxygen atoms in total. The number of hydrogen-bond donors (Lipinski definition) is 0. The summed E-state index contributed by atoms with van der Waals surface area (Å²) in [6, 6.07) is 13.6. The van der Waals surface area contributed by atoms with Crippen molar-refractivity contribution in [3.8, 4) is 5.75 Å². The van der Waals surface area contributed by atoms with E-state index in [1.807, 2.05) is 24.3 Å². The van der Waals surface area contributed by atoms with E-state index >= 15 is 0 Å². The van der Waals surface area contributed by atoms with Crippen LogP contribution in [0.15, 0.2) is 53.4 Å². The maximum Gasteiger partial charge on any atom is 0.258 e. The summed E-state index contributed by atoms with van der Waals surface area (Å²) in [5.74, 6) is 1.10. The number of carbonyl (C=O) groups is 1. The lowest BCUT2D eigenvalue weighted by molar-refractivity contribution is 0.0975. The van der Waals surface area contributed by atoms with Crippen LogP contribution >= 0.6 is 0 Å². The Morgan fingerprint density at radius 3 is 2.12 bits per heavy atom. The third kappa shape index (κ3) is 3.90. The second-order valence-electron chi connectivity index (χ2n) is 6.75. The summed E-state index contributed by atoms with van der Waals surface area (Å²) in [5, 5.41) is 0. The van der Waals surface area contributed by atoms with E-state index in [0.717, 1.165) is 30.5 Å². The summed E-state index contributed by atoms with van der Waals surface area (Å²) in [5.41, 5.74) is 1.28. The van der Waals surface area contributed by atoms with Gasteiger partial charge in [0.2, 0.25) is 0 Å². The highest BCUT2D eigenvalue weighted by Crippen LogP contribution is 2.38. The molecule has 0 radical (unpaired) electrons. The van der Waals surface area contributed by atoms with Crippen LogP contribution in [0.1, 0.15) is 30.1 Å². The van der Waals surface area contributed by atoms with Gasteiger partial charge in [-0.3, -0.25) is 4.79 Å². The van der Waals surface area contributed by atoms with Crippen LogP contribution in [0, 0.1) is 5.92 Å². The van der Waals surface area contributed by atoms with E-state index in [4.69, 9.17) is 4.74 Å². The Kier molecular flexibility index (Phi) is 5.05. The van der Waals surface area contributed by atoms with Crippen molar-refractivity contribution in [1.82, 2.24) is 0 Å². The van der Waals surface area contributed by atoms with Gasteiger partial charge in [0.25, 0.3) is 5.91 Å². The number of rotatable bonds is 6. The molecule has 3 rings (SSSR count). The number of methoxy groups -OCH3 is 1. The van der Waals surface area contributed by atoms with E-state index in [2.05, 4.69) is 6.92 Å². The monoisotopic (exact) mass is 373 g/mol. The van der Waals surface area contributed by atoms with E-state index in [1.165, 1.54) is 12.1 Å². The van der Waals surface area contributed by atoms with Gasteiger partial charge in [-0.05, 0) is 74.2 Å². The fourth-order valence-corrected chi connectivity index (χ4v) is 3.68. The molecule has 0 aromatic heterocycles. The number of amides is 1. The highest BCUT2D eigenvalue weighted by molar-refractivity contribution is 7.90. The molecular weight excluding hydrogens is 350 g/mol. The summed E-state index contributed by atoms with van der Waals surface area (Å²) in [6.07, 6.45) is 3.39. The van der Waals surface area contributed by atoms with Gasteiger partial charge in [-0.2, -0.15) is 0 Å². The largest absolute Gasteiger partial charge is 0.497 e. The van der Waals surface area contributed by atoms with Crippen LogP contribution in [0.25, 0.3) is 0 Å². The second-order valence-corrected chi connectivity index (χ2v) is 8.76. The first-order valence-corrected chi connectivity index (χ1v) is 10.5. The summed E-state index contributed by atoms with van der Waals surface area (Å²) in [7, 11) is -1.68. The molecule has 26 heavy (non-hydrogen) atoms. The average Bonchev–Trinajstić information content (AvgIpc) is 3.47. The molecule has 0 bridgehead atoms. The van der Waals surface area contributed by atoms with E-state index in [1.54, 1.807) is 24.1 Å². The number of sulfone groups is 1. The van der Waals surface area contributed by atoms with Crippen LogP contribution in [-0.4, -0.2) is 33.7 Å². The van der Waals surface area contributed by atoms with Crippen molar-refractivity contribution in [2.24, 2.45) is 5.92 Å².